The van der Waals surface area contributed by atoms with E-state index in [9.17, 15) is 37.8 Å². The molecule has 0 aromatic heterocycles. The van der Waals surface area contributed by atoms with Gasteiger partial charge in [-0.1, -0.05) is 275 Å². The SMILES string of the molecule is CCCCCCCC[C@H]1NC(=O)[C@@H](CC(C)C)NC(=O)[C@H]([C@@H](C)O)NC(=O)[C@@H](CC(C)C)NC(=O)[C@@H](CC(=O)NC(c2ccccc2)(c2ccccc2)c2ccccc2)NC(=O)[C@H](CC(=O)NC(c2ccccc2)(c2ccccc2)c2ccccc2)NC(=O)[C@H](C)NC(=O)[C@H]([C@@H](C)O)NC(=O)[C@H](CCCNS(=O)(=O)CC[Si](C)(C)C)NC1=O. The molecular weight excluding hydrogens is 1540 g/mol. The highest BCUT2D eigenvalue weighted by Gasteiger charge is 2.44. The van der Waals surface area contributed by atoms with E-state index in [0.717, 1.165) is 25.7 Å². The second-order valence-corrected chi connectivity index (χ2v) is 40.3. The maximum Gasteiger partial charge on any atom is 0.245 e. The normalized spacial score (nSPS) is 20.9. The first-order chi connectivity index (χ1) is 56.1. The molecular formula is C89H122N12O15SSi. The van der Waals surface area contributed by atoms with Crippen molar-refractivity contribution in [3.63, 3.8) is 0 Å². The maximum absolute atomic E-state index is 15.9. The predicted molar refractivity (Wildman–Crippen MR) is 456 cm³/mol. The highest BCUT2D eigenvalue weighted by atomic mass is 32.2. The lowest BCUT2D eigenvalue weighted by atomic mass is 9.77. The van der Waals surface area contributed by atoms with Crippen molar-refractivity contribution in [2.24, 2.45) is 11.8 Å². The lowest BCUT2D eigenvalue weighted by molar-refractivity contribution is -0.138. The molecule has 118 heavy (non-hydrogen) atoms. The first-order valence-electron chi connectivity index (χ1n) is 41.1. The minimum atomic E-state index is -3.82. The lowest BCUT2D eigenvalue weighted by Crippen LogP contribution is -2.62. The number of hydrogen-bond acceptors (Lipinski definition) is 15. The van der Waals surface area contributed by atoms with Crippen LogP contribution in [0.3, 0.4) is 0 Å². The Bertz CT molecular complexity index is 4200. The Morgan fingerprint density at radius 2 is 0.678 bits per heavy atom. The van der Waals surface area contributed by atoms with Gasteiger partial charge in [0.1, 0.15) is 65.5 Å². The van der Waals surface area contributed by atoms with Crippen LogP contribution in [0.2, 0.25) is 25.7 Å². The fourth-order valence-electron chi connectivity index (χ4n) is 14.3. The van der Waals surface area contributed by atoms with Crippen LogP contribution >= 0.6 is 0 Å². The molecule has 1 aliphatic rings. The van der Waals surface area contributed by atoms with Gasteiger partial charge in [-0.2, -0.15) is 0 Å². The van der Waals surface area contributed by atoms with Crippen molar-refractivity contribution in [1.29, 1.82) is 0 Å². The van der Waals surface area contributed by atoms with Gasteiger partial charge < -0.3 is 68.7 Å². The van der Waals surface area contributed by atoms with Crippen LogP contribution in [0.1, 0.15) is 172 Å². The minimum Gasteiger partial charge on any atom is -0.391 e. The summed E-state index contributed by atoms with van der Waals surface area (Å²) < 4.78 is 29.1. The Kier molecular flexibility index (Phi) is 36.5. The van der Waals surface area contributed by atoms with Crippen LogP contribution in [-0.4, -0.2) is 171 Å². The smallest absolute Gasteiger partial charge is 0.245 e. The molecule has 11 amide bonds. The number of carbonyl (C=O) groups excluding carboxylic acids is 11. The van der Waals surface area contributed by atoms with Crippen molar-refractivity contribution >= 4 is 83.1 Å². The van der Waals surface area contributed by atoms with Gasteiger partial charge in [-0.3, -0.25) is 52.7 Å². The number of carbonyl (C=O) groups is 11. The quantitative estimate of drug-likeness (QED) is 0.0112. The molecule has 11 atom stereocenters. The van der Waals surface area contributed by atoms with Gasteiger partial charge in [-0.15, -0.1) is 0 Å². The molecule has 29 heteroatoms. The van der Waals surface area contributed by atoms with E-state index in [1.165, 1.54) is 20.8 Å². The van der Waals surface area contributed by atoms with E-state index in [-0.39, 0.29) is 50.3 Å². The Labute approximate surface area is 695 Å². The number of hydrogen-bond donors (Lipinski definition) is 14. The largest absolute Gasteiger partial charge is 0.391 e. The number of aliphatic hydroxyl groups excluding tert-OH is 2. The van der Waals surface area contributed by atoms with Gasteiger partial charge in [0.15, 0.2) is 0 Å². The van der Waals surface area contributed by atoms with E-state index in [0.29, 0.717) is 52.3 Å². The Morgan fingerprint density at radius 1 is 0.390 bits per heavy atom. The Morgan fingerprint density at radius 3 is 1.03 bits per heavy atom. The molecule has 1 aliphatic heterocycles. The summed E-state index contributed by atoms with van der Waals surface area (Å²) in [7, 11) is -5.64. The van der Waals surface area contributed by atoms with Crippen LogP contribution < -0.4 is 63.2 Å². The molecule has 1 fully saturated rings. The third kappa shape index (κ3) is 28.1. The van der Waals surface area contributed by atoms with Crippen molar-refractivity contribution in [3.8, 4) is 0 Å². The fourth-order valence-corrected chi connectivity index (χ4v) is 18.4. The monoisotopic (exact) mass is 1660 g/mol. The summed E-state index contributed by atoms with van der Waals surface area (Å²) in [6, 6.07) is 38.8. The summed E-state index contributed by atoms with van der Waals surface area (Å²) in [6.07, 6.45) is -1.25. The molecule has 0 aliphatic carbocycles. The lowest BCUT2D eigenvalue weighted by Gasteiger charge is -2.37. The number of benzene rings is 6. The molecule has 638 valence electrons. The zero-order chi connectivity index (χ0) is 86.3. The van der Waals surface area contributed by atoms with Crippen LogP contribution in [0.4, 0.5) is 0 Å². The molecule has 6 aromatic rings. The van der Waals surface area contributed by atoms with E-state index in [2.05, 4.69) is 70.1 Å². The topological polar surface area (TPSA) is 407 Å². The summed E-state index contributed by atoms with van der Waals surface area (Å²) in [5, 5.41) is 53.1. The van der Waals surface area contributed by atoms with E-state index < -0.39 is 179 Å². The van der Waals surface area contributed by atoms with Gasteiger partial charge in [0, 0.05) is 14.6 Å². The predicted octanol–water partition coefficient (Wildman–Crippen LogP) is 7.02. The summed E-state index contributed by atoms with van der Waals surface area (Å²) >= 11 is 0. The average molecular weight is 1660 g/mol. The Hall–Kier alpha value is -10.5. The average Bonchev–Trinajstić information content (AvgIpc) is 0.757. The van der Waals surface area contributed by atoms with Gasteiger partial charge in [0.2, 0.25) is 75.0 Å². The number of nitrogens with one attached hydrogen (secondary N) is 12. The van der Waals surface area contributed by atoms with Gasteiger partial charge in [-0.25, -0.2) is 13.1 Å². The summed E-state index contributed by atoms with van der Waals surface area (Å²) in [4.78, 5) is 168. The first kappa shape index (κ1) is 94.7. The molecule has 1 heterocycles. The number of rotatable bonds is 33. The third-order valence-electron chi connectivity index (χ3n) is 20.7. The van der Waals surface area contributed by atoms with Crippen molar-refractivity contribution in [1.82, 2.24) is 63.2 Å². The van der Waals surface area contributed by atoms with Crippen LogP contribution in [0.5, 0.6) is 0 Å². The van der Waals surface area contributed by atoms with E-state index in [4.69, 9.17) is 0 Å². The van der Waals surface area contributed by atoms with Crippen LogP contribution in [0, 0.1) is 11.8 Å². The molecule has 0 radical (unpaired) electrons. The summed E-state index contributed by atoms with van der Waals surface area (Å²) in [5.41, 5.74) is 0.415. The standard InChI is InChI=1S/C89H122N12O15SSi/c1-12-13-14-15-16-35-49-69-80(107)92-70(50-36-51-90-117(115,116)52-53-118(9,10)11)81(108)98-77(61(7)102)86(113)91-60(6)79(106)94-73(56-75(104)100-88(63-37-23-17-24-38-63,64-39-25-18-26-40-64)65-41-27-19-28-42-65)83(110)96-74(57-76(105)101-89(66-43-29-20-30-44-66,67-45-31-21-32-46-67)68-47-33-22-34-48-68)84(111)95-72(55-59(4)5)85(112)99-78(62(8)103)87(114)97-71(54-58(2)3)82(109)93-69/h17-34,37-48,58-62,69-74,77-78,90,102-103H,12-16,35-36,49-57H2,1-11H3,(H,91,113)(H,92,107)(H,93,109)(H,94,106)(H,95,111)(H,96,110)(H,97,114)(H,98,108)(H,99,112)(H,100,104)(H,101,105)/t60-,61+,62+,69+,70-,71+,72+,73-,74+,77-,78-/m0/s1. The molecule has 14 N–H and O–H groups in total. The van der Waals surface area contributed by atoms with Gasteiger partial charge >= 0.3 is 0 Å². The zero-order valence-electron chi connectivity index (χ0n) is 69.7. The fraction of sp³-hybridized carbons (Fsp3) is 0.472. The highest BCUT2D eigenvalue weighted by molar-refractivity contribution is 7.89. The van der Waals surface area contributed by atoms with E-state index in [1.54, 1.807) is 173 Å². The molecule has 6 aromatic carbocycles. The van der Waals surface area contributed by atoms with Crippen LogP contribution in [0.15, 0.2) is 182 Å². The molecule has 0 bridgehead atoms. The van der Waals surface area contributed by atoms with Crippen LogP contribution in [0.25, 0.3) is 0 Å². The number of aliphatic hydroxyl groups is 2. The summed E-state index contributed by atoms with van der Waals surface area (Å²) in [5.74, 6) is -12.2. The Balaban J connectivity index is 1.39. The number of amides is 11. The minimum absolute atomic E-state index is 0.00903. The van der Waals surface area contributed by atoms with Gasteiger partial charge in [-0.05, 0) is 104 Å². The molecule has 27 nitrogen and oxygen atoms in total. The van der Waals surface area contributed by atoms with E-state index in [1.807, 2.05) is 56.0 Å². The molecule has 7 rings (SSSR count). The molecule has 1 saturated heterocycles. The number of unbranched alkanes of at least 4 members (excludes halogenated alkanes) is 5. The second kappa shape index (κ2) is 45.5. The second-order valence-electron chi connectivity index (χ2n) is 32.7. The molecule has 0 saturated carbocycles. The van der Waals surface area contributed by atoms with Crippen molar-refractivity contribution < 1.29 is 71.4 Å². The van der Waals surface area contributed by atoms with Crippen LogP contribution in [-0.2, 0) is 73.8 Å². The van der Waals surface area contributed by atoms with Gasteiger partial charge in [0.05, 0.1) is 30.8 Å². The summed E-state index contributed by atoms with van der Waals surface area (Å²) in [6.45, 7) is 18.6. The molecule has 0 unspecified atom stereocenters. The third-order valence-corrected chi connectivity index (χ3v) is 24.2. The number of sulfonamides is 1. The van der Waals surface area contributed by atoms with E-state index >= 15 is 33.6 Å². The van der Waals surface area contributed by atoms with Crippen molar-refractivity contribution in [2.45, 2.75) is 242 Å². The zero-order valence-corrected chi connectivity index (χ0v) is 71.6. The highest BCUT2D eigenvalue weighted by Crippen LogP contribution is 2.39. The van der Waals surface area contributed by atoms with Crippen molar-refractivity contribution in [3.05, 3.63) is 215 Å². The van der Waals surface area contributed by atoms with Crippen molar-refractivity contribution in [2.75, 3.05) is 12.3 Å². The van der Waals surface area contributed by atoms with Gasteiger partial charge in [0.25, 0.3) is 0 Å². The molecule has 0 spiro atoms. The maximum atomic E-state index is 15.9. The first-order valence-corrected chi connectivity index (χ1v) is 46.5.